The number of rotatable bonds is 11. The van der Waals surface area contributed by atoms with Gasteiger partial charge in [-0.1, -0.05) is 25.8 Å². The minimum atomic E-state index is -3.88. The Balaban J connectivity index is 3.08. The van der Waals surface area contributed by atoms with Crippen LogP contribution >= 0.6 is 11.3 Å². The molecule has 1 atom stereocenters. The Morgan fingerprint density at radius 3 is 2.35 bits per heavy atom. The van der Waals surface area contributed by atoms with Crippen LogP contribution in [0.2, 0.25) is 0 Å². The molecule has 0 aliphatic carbocycles. The largest absolute Gasteiger partial charge is 0.478 e. The Morgan fingerprint density at radius 1 is 1.23 bits per heavy atom. The van der Waals surface area contributed by atoms with Gasteiger partial charge in [-0.05, 0) is 60.4 Å². The molecule has 0 saturated heterocycles. The highest BCUT2D eigenvalue weighted by Crippen LogP contribution is 2.34. The summed E-state index contributed by atoms with van der Waals surface area (Å²) < 4.78 is 27.6. The van der Waals surface area contributed by atoms with Gasteiger partial charge in [0.1, 0.15) is 0 Å². The summed E-state index contributed by atoms with van der Waals surface area (Å²) in [4.78, 5) is 22.5. The highest BCUT2D eigenvalue weighted by atomic mass is 32.1. The van der Waals surface area contributed by atoms with Crippen LogP contribution in [0.4, 0.5) is 8.78 Å². The maximum atomic E-state index is 13.8. The number of hydrogen-bond donors (Lipinski definition) is 2. The Kier molecular flexibility index (Phi) is 8.40. The van der Waals surface area contributed by atoms with Gasteiger partial charge in [0.2, 0.25) is 0 Å². The van der Waals surface area contributed by atoms with E-state index in [1.807, 2.05) is 30.7 Å². The van der Waals surface area contributed by atoms with Crippen LogP contribution in [0.1, 0.15) is 52.0 Å². The summed E-state index contributed by atoms with van der Waals surface area (Å²) in [6, 6.07) is 1.90. The fourth-order valence-electron chi connectivity index (χ4n) is 2.83. The molecule has 146 valence electrons. The van der Waals surface area contributed by atoms with E-state index < -0.39 is 30.2 Å². The number of carbonyl (C=O) groups is 2. The SMILES string of the molecule is C/C(=C(\CCc1ccsc1)C(=O)O)C(CCC(C)C)CC(F)(F)C(=O)O. The van der Waals surface area contributed by atoms with Crippen LogP contribution in [0.3, 0.4) is 0 Å². The van der Waals surface area contributed by atoms with Gasteiger partial charge in [0.05, 0.1) is 0 Å². The van der Waals surface area contributed by atoms with Gasteiger partial charge in [-0.15, -0.1) is 0 Å². The molecule has 0 fully saturated rings. The third kappa shape index (κ3) is 6.86. The van der Waals surface area contributed by atoms with Gasteiger partial charge in [0.15, 0.2) is 0 Å². The fraction of sp³-hybridized carbons (Fsp3) is 0.579. The first kappa shape index (κ1) is 22.3. The topological polar surface area (TPSA) is 74.6 Å². The van der Waals surface area contributed by atoms with Crippen molar-refractivity contribution in [1.82, 2.24) is 0 Å². The van der Waals surface area contributed by atoms with Crippen molar-refractivity contribution >= 4 is 23.3 Å². The lowest BCUT2D eigenvalue weighted by Gasteiger charge is -2.24. The van der Waals surface area contributed by atoms with Crippen LogP contribution in [0, 0.1) is 11.8 Å². The van der Waals surface area contributed by atoms with Gasteiger partial charge < -0.3 is 10.2 Å². The maximum absolute atomic E-state index is 13.8. The van der Waals surface area contributed by atoms with Crippen LogP contribution in [0.15, 0.2) is 28.0 Å². The number of carboxylic acid groups (broad SMARTS) is 2. The molecule has 1 unspecified atom stereocenters. The van der Waals surface area contributed by atoms with Crippen molar-refractivity contribution in [2.45, 2.75) is 58.8 Å². The van der Waals surface area contributed by atoms with Gasteiger partial charge in [-0.25, -0.2) is 9.59 Å². The smallest absolute Gasteiger partial charge is 0.374 e. The van der Waals surface area contributed by atoms with Crippen LogP contribution in [-0.2, 0) is 16.0 Å². The van der Waals surface area contributed by atoms with Crippen molar-refractivity contribution in [3.8, 4) is 0 Å². The minimum Gasteiger partial charge on any atom is -0.478 e. The molecule has 7 heteroatoms. The number of alkyl halides is 2. The van der Waals surface area contributed by atoms with Crippen molar-refractivity contribution in [1.29, 1.82) is 0 Å². The number of hydrogen-bond acceptors (Lipinski definition) is 3. The Labute approximate surface area is 156 Å². The van der Waals surface area contributed by atoms with E-state index in [0.29, 0.717) is 24.8 Å². The summed E-state index contributed by atoms with van der Waals surface area (Å²) in [5.41, 5.74) is 1.46. The number of halogens is 2. The molecule has 0 spiro atoms. The molecule has 0 amide bonds. The second-order valence-electron chi connectivity index (χ2n) is 6.98. The zero-order valence-corrected chi connectivity index (χ0v) is 16.1. The molecule has 1 rings (SSSR count). The van der Waals surface area contributed by atoms with E-state index in [0.717, 1.165) is 5.56 Å². The minimum absolute atomic E-state index is 0.103. The van der Waals surface area contributed by atoms with E-state index in [2.05, 4.69) is 0 Å². The normalized spacial score (nSPS) is 14.2. The molecule has 0 aromatic carbocycles. The molecule has 26 heavy (non-hydrogen) atoms. The predicted molar refractivity (Wildman–Crippen MR) is 97.7 cm³/mol. The van der Waals surface area contributed by atoms with Crippen molar-refractivity contribution in [3.05, 3.63) is 33.5 Å². The number of allylic oxidation sites excluding steroid dienone is 1. The second-order valence-corrected chi connectivity index (χ2v) is 7.76. The third-order valence-electron chi connectivity index (χ3n) is 4.50. The van der Waals surface area contributed by atoms with Crippen molar-refractivity contribution < 1.29 is 28.6 Å². The molecule has 0 bridgehead atoms. The molecule has 1 aromatic heterocycles. The fourth-order valence-corrected chi connectivity index (χ4v) is 3.53. The van der Waals surface area contributed by atoms with Crippen LogP contribution in [0.5, 0.6) is 0 Å². The van der Waals surface area contributed by atoms with Gasteiger partial charge in [-0.3, -0.25) is 0 Å². The first-order chi connectivity index (χ1) is 12.0. The molecular formula is C19H26F2O4S. The van der Waals surface area contributed by atoms with E-state index >= 15 is 0 Å². The molecule has 4 nitrogen and oxygen atoms in total. The standard InChI is InChI=1S/C19H26F2O4S/c1-12(2)4-6-15(10-19(20,21)18(24)25)13(3)16(17(22)23)7-5-14-8-9-26-11-14/h8-9,11-12,15H,4-7,10H2,1-3H3,(H,22,23)(H,24,25)/b16-13-. The predicted octanol–water partition coefficient (Wildman–Crippen LogP) is 5.24. The average molecular weight is 388 g/mol. The van der Waals surface area contributed by atoms with Gasteiger partial charge in [0, 0.05) is 12.0 Å². The number of thiophene rings is 1. The Morgan fingerprint density at radius 2 is 1.88 bits per heavy atom. The Bertz CT molecular complexity index is 636. The van der Waals surface area contributed by atoms with Crippen LogP contribution in [0.25, 0.3) is 0 Å². The zero-order chi connectivity index (χ0) is 19.9. The lowest BCUT2D eigenvalue weighted by molar-refractivity contribution is -0.167. The van der Waals surface area contributed by atoms with E-state index in [1.165, 1.54) is 11.3 Å². The van der Waals surface area contributed by atoms with Crippen LogP contribution in [-0.4, -0.2) is 28.1 Å². The lowest BCUT2D eigenvalue weighted by Crippen LogP contribution is -2.32. The highest BCUT2D eigenvalue weighted by Gasteiger charge is 2.41. The Hall–Kier alpha value is -1.76. The summed E-state index contributed by atoms with van der Waals surface area (Å²) in [6.07, 6.45) is 0.816. The number of aliphatic carboxylic acids is 2. The van der Waals surface area contributed by atoms with E-state index in [-0.39, 0.29) is 17.9 Å². The number of carboxylic acids is 2. The molecule has 1 heterocycles. The molecule has 2 N–H and O–H groups in total. The summed E-state index contributed by atoms with van der Waals surface area (Å²) in [5, 5.41) is 22.1. The van der Waals surface area contributed by atoms with E-state index in [4.69, 9.17) is 5.11 Å². The van der Waals surface area contributed by atoms with Crippen LogP contribution < -0.4 is 0 Å². The molecule has 0 aliphatic rings. The summed E-state index contributed by atoms with van der Waals surface area (Å²) in [7, 11) is 0. The summed E-state index contributed by atoms with van der Waals surface area (Å²) in [5.74, 6) is -7.71. The summed E-state index contributed by atoms with van der Waals surface area (Å²) in [6.45, 7) is 5.43. The first-order valence-electron chi connectivity index (χ1n) is 8.59. The average Bonchev–Trinajstić information content (AvgIpc) is 3.04. The van der Waals surface area contributed by atoms with Crippen molar-refractivity contribution in [2.75, 3.05) is 0 Å². The van der Waals surface area contributed by atoms with Gasteiger partial charge in [-0.2, -0.15) is 20.1 Å². The van der Waals surface area contributed by atoms with Gasteiger partial charge >= 0.3 is 17.9 Å². The highest BCUT2D eigenvalue weighted by molar-refractivity contribution is 7.07. The molecule has 0 saturated carbocycles. The summed E-state index contributed by atoms with van der Waals surface area (Å²) >= 11 is 1.51. The lowest BCUT2D eigenvalue weighted by atomic mass is 9.83. The first-order valence-corrected chi connectivity index (χ1v) is 9.54. The molecule has 0 aliphatic heterocycles. The zero-order valence-electron chi connectivity index (χ0n) is 15.3. The van der Waals surface area contributed by atoms with Crippen molar-refractivity contribution in [3.63, 3.8) is 0 Å². The van der Waals surface area contributed by atoms with Gasteiger partial charge in [0.25, 0.3) is 0 Å². The quantitative estimate of drug-likeness (QED) is 0.508. The third-order valence-corrected chi connectivity index (χ3v) is 5.23. The molecule has 1 aromatic rings. The molecule has 0 radical (unpaired) electrons. The number of aryl methyl sites for hydroxylation is 1. The van der Waals surface area contributed by atoms with E-state index in [9.17, 15) is 23.5 Å². The monoisotopic (exact) mass is 388 g/mol. The second kappa shape index (κ2) is 9.80. The van der Waals surface area contributed by atoms with Crippen molar-refractivity contribution in [2.24, 2.45) is 11.8 Å². The maximum Gasteiger partial charge on any atom is 0.374 e. The van der Waals surface area contributed by atoms with E-state index in [1.54, 1.807) is 6.92 Å². The molecular weight excluding hydrogens is 362 g/mol.